The number of thiophene rings is 1. The molecule has 1 aromatic rings. The minimum atomic E-state index is 0.375. The summed E-state index contributed by atoms with van der Waals surface area (Å²) in [6.07, 6.45) is 5.99. The van der Waals surface area contributed by atoms with Gasteiger partial charge in [0.05, 0.1) is 12.1 Å². The summed E-state index contributed by atoms with van der Waals surface area (Å²) in [5, 5.41) is 9.17. The summed E-state index contributed by atoms with van der Waals surface area (Å²) < 4.78 is 11.3. The Labute approximate surface area is 180 Å². The van der Waals surface area contributed by atoms with Crippen molar-refractivity contribution in [2.75, 3.05) is 53.0 Å². The quantitative estimate of drug-likeness (QED) is 0.363. The third kappa shape index (κ3) is 7.55. The van der Waals surface area contributed by atoms with Crippen molar-refractivity contribution in [1.82, 2.24) is 15.5 Å². The van der Waals surface area contributed by atoms with Crippen LogP contribution in [0.4, 0.5) is 0 Å². The molecule has 0 saturated carbocycles. The van der Waals surface area contributed by atoms with E-state index in [2.05, 4.69) is 45.0 Å². The lowest BCUT2D eigenvalue weighted by atomic mass is 9.97. The van der Waals surface area contributed by atoms with Crippen molar-refractivity contribution in [3.63, 3.8) is 0 Å². The molecule has 0 aliphatic carbocycles. The molecule has 7 heteroatoms. The van der Waals surface area contributed by atoms with Crippen LogP contribution in [0.15, 0.2) is 22.5 Å². The molecule has 1 atom stereocenters. The number of nitrogens with one attached hydrogen (secondary N) is 2. The molecule has 0 aromatic carbocycles. The predicted molar refractivity (Wildman–Crippen MR) is 121 cm³/mol. The molecule has 2 aliphatic heterocycles. The summed E-state index contributed by atoms with van der Waals surface area (Å²) in [5.41, 5.74) is 0. The van der Waals surface area contributed by atoms with Crippen LogP contribution in [0.1, 0.15) is 49.9 Å². The highest BCUT2D eigenvalue weighted by atomic mass is 32.1. The Kier molecular flexibility index (Phi) is 9.73. The highest BCUT2D eigenvalue weighted by Crippen LogP contribution is 2.29. The summed E-state index contributed by atoms with van der Waals surface area (Å²) in [5.74, 6) is 1.73. The smallest absolute Gasteiger partial charge is 0.191 e. The monoisotopic (exact) mass is 422 g/mol. The molecule has 29 heavy (non-hydrogen) atoms. The Balaban J connectivity index is 1.39. The number of likely N-dealkylation sites (tertiary alicyclic amines) is 1. The molecule has 1 aromatic heterocycles. The fraction of sp³-hybridized carbons (Fsp3) is 0.773. The second-order valence-corrected chi connectivity index (χ2v) is 9.14. The molecule has 3 rings (SSSR count). The number of rotatable bonds is 9. The van der Waals surface area contributed by atoms with E-state index in [1.165, 1.54) is 30.8 Å². The molecule has 2 aliphatic rings. The van der Waals surface area contributed by atoms with Gasteiger partial charge in [-0.05, 0) is 62.6 Å². The Hall–Kier alpha value is -1.15. The molecular weight excluding hydrogens is 384 g/mol. The maximum absolute atomic E-state index is 5.95. The van der Waals surface area contributed by atoms with Crippen LogP contribution in [-0.4, -0.2) is 70.0 Å². The molecule has 2 fully saturated rings. The van der Waals surface area contributed by atoms with Crippen molar-refractivity contribution in [2.24, 2.45) is 10.9 Å². The SMILES string of the molecule is CN=C(NCCCOC1CCOCC1)NCC(c1cccs1)N1CCC(C)CC1. The molecule has 2 N–H and O–H groups in total. The van der Waals surface area contributed by atoms with Gasteiger partial charge in [-0.1, -0.05) is 13.0 Å². The zero-order valence-corrected chi connectivity index (χ0v) is 18.9. The summed E-state index contributed by atoms with van der Waals surface area (Å²) in [4.78, 5) is 8.48. The first-order valence-corrected chi connectivity index (χ1v) is 12.1. The first-order valence-electron chi connectivity index (χ1n) is 11.2. The Bertz CT molecular complexity index is 582. The molecular formula is C22H38N4O2S. The molecule has 0 bridgehead atoms. The first kappa shape index (κ1) is 22.5. The lowest BCUT2D eigenvalue weighted by molar-refractivity contribution is -0.0320. The van der Waals surface area contributed by atoms with Gasteiger partial charge in [-0.15, -0.1) is 11.3 Å². The van der Waals surface area contributed by atoms with Crippen LogP contribution in [-0.2, 0) is 9.47 Å². The van der Waals surface area contributed by atoms with Gasteiger partial charge in [0.25, 0.3) is 0 Å². The van der Waals surface area contributed by atoms with Crippen LogP contribution in [0.25, 0.3) is 0 Å². The number of piperidine rings is 1. The molecule has 0 amide bonds. The number of hydrogen-bond acceptors (Lipinski definition) is 5. The van der Waals surface area contributed by atoms with Gasteiger partial charge in [-0.2, -0.15) is 0 Å². The van der Waals surface area contributed by atoms with Crippen LogP contribution in [0.3, 0.4) is 0 Å². The maximum atomic E-state index is 5.95. The van der Waals surface area contributed by atoms with E-state index >= 15 is 0 Å². The van der Waals surface area contributed by atoms with E-state index in [9.17, 15) is 0 Å². The van der Waals surface area contributed by atoms with Gasteiger partial charge in [-0.25, -0.2) is 0 Å². The van der Waals surface area contributed by atoms with Crippen molar-refractivity contribution in [3.05, 3.63) is 22.4 Å². The number of aliphatic imine (C=N–C) groups is 1. The van der Waals surface area contributed by atoms with E-state index in [1.807, 2.05) is 18.4 Å². The lowest BCUT2D eigenvalue weighted by Crippen LogP contribution is -2.45. The molecule has 0 radical (unpaired) electrons. The molecule has 2 saturated heterocycles. The summed E-state index contributed by atoms with van der Waals surface area (Å²) in [6, 6.07) is 4.84. The molecule has 6 nitrogen and oxygen atoms in total. The Morgan fingerprint density at radius 2 is 2.07 bits per heavy atom. The second-order valence-electron chi connectivity index (χ2n) is 8.17. The van der Waals surface area contributed by atoms with Crippen molar-refractivity contribution >= 4 is 17.3 Å². The minimum Gasteiger partial charge on any atom is -0.381 e. The summed E-state index contributed by atoms with van der Waals surface area (Å²) in [7, 11) is 1.84. The van der Waals surface area contributed by atoms with Gasteiger partial charge in [0.1, 0.15) is 0 Å². The van der Waals surface area contributed by atoms with Gasteiger partial charge in [-0.3, -0.25) is 9.89 Å². The zero-order valence-electron chi connectivity index (χ0n) is 18.1. The maximum Gasteiger partial charge on any atom is 0.191 e. The van der Waals surface area contributed by atoms with Gasteiger partial charge < -0.3 is 20.1 Å². The van der Waals surface area contributed by atoms with Crippen LogP contribution < -0.4 is 10.6 Å². The third-order valence-electron chi connectivity index (χ3n) is 5.95. The van der Waals surface area contributed by atoms with Gasteiger partial charge in [0.15, 0.2) is 5.96 Å². The van der Waals surface area contributed by atoms with Gasteiger partial charge in [0, 0.05) is 44.8 Å². The number of hydrogen-bond donors (Lipinski definition) is 2. The van der Waals surface area contributed by atoms with Crippen molar-refractivity contribution in [2.45, 2.75) is 51.2 Å². The summed E-state index contributed by atoms with van der Waals surface area (Å²) in [6.45, 7) is 8.94. The van der Waals surface area contributed by atoms with Gasteiger partial charge >= 0.3 is 0 Å². The Morgan fingerprint density at radius 3 is 2.76 bits per heavy atom. The fourth-order valence-electron chi connectivity index (χ4n) is 4.02. The van der Waals surface area contributed by atoms with E-state index in [4.69, 9.17) is 9.47 Å². The van der Waals surface area contributed by atoms with Gasteiger partial charge in [0.2, 0.25) is 0 Å². The molecule has 1 unspecified atom stereocenters. The summed E-state index contributed by atoms with van der Waals surface area (Å²) >= 11 is 1.86. The number of ether oxygens (including phenoxy) is 2. The van der Waals surface area contributed by atoms with Crippen LogP contribution in [0, 0.1) is 5.92 Å². The van der Waals surface area contributed by atoms with Crippen LogP contribution >= 0.6 is 11.3 Å². The van der Waals surface area contributed by atoms with Crippen molar-refractivity contribution in [1.29, 1.82) is 0 Å². The second kappa shape index (κ2) is 12.5. The molecule has 0 spiro atoms. The first-order chi connectivity index (χ1) is 14.3. The largest absolute Gasteiger partial charge is 0.381 e. The topological polar surface area (TPSA) is 58.1 Å². The highest BCUT2D eigenvalue weighted by molar-refractivity contribution is 7.10. The van der Waals surface area contributed by atoms with E-state index in [-0.39, 0.29) is 0 Å². The lowest BCUT2D eigenvalue weighted by Gasteiger charge is -2.36. The zero-order chi connectivity index (χ0) is 20.3. The van der Waals surface area contributed by atoms with E-state index in [1.54, 1.807) is 0 Å². The van der Waals surface area contributed by atoms with Crippen molar-refractivity contribution < 1.29 is 9.47 Å². The fourth-order valence-corrected chi connectivity index (χ4v) is 4.88. The Morgan fingerprint density at radius 1 is 1.28 bits per heavy atom. The third-order valence-corrected chi connectivity index (χ3v) is 6.93. The number of nitrogens with zero attached hydrogens (tertiary/aromatic N) is 2. The van der Waals surface area contributed by atoms with E-state index < -0.39 is 0 Å². The molecule has 164 valence electrons. The average Bonchev–Trinajstić information content (AvgIpc) is 3.28. The van der Waals surface area contributed by atoms with E-state index in [0.717, 1.165) is 64.1 Å². The average molecular weight is 423 g/mol. The standard InChI is InChI=1S/C22H38N4O2S/c1-18-6-11-26(12-7-18)20(21-5-3-16-29-21)17-25-22(23-2)24-10-4-13-28-19-8-14-27-15-9-19/h3,5,16,18-20H,4,6-15,17H2,1-2H3,(H2,23,24,25). The van der Waals surface area contributed by atoms with Crippen LogP contribution in [0.2, 0.25) is 0 Å². The normalized spacial score (nSPS) is 21.2. The van der Waals surface area contributed by atoms with Crippen LogP contribution in [0.5, 0.6) is 0 Å². The van der Waals surface area contributed by atoms with E-state index in [0.29, 0.717) is 12.1 Å². The van der Waals surface area contributed by atoms with Crippen molar-refractivity contribution in [3.8, 4) is 0 Å². The molecule has 3 heterocycles. The predicted octanol–water partition coefficient (Wildman–Crippen LogP) is 3.27. The highest BCUT2D eigenvalue weighted by Gasteiger charge is 2.25. The number of guanidine groups is 1. The minimum absolute atomic E-state index is 0.375.